The van der Waals surface area contributed by atoms with E-state index in [9.17, 15) is 0 Å². The maximum Gasteiger partial charge on any atom is 0.0634 e. The van der Waals surface area contributed by atoms with Gasteiger partial charge in [-0.15, -0.1) is 0 Å². The van der Waals surface area contributed by atoms with E-state index in [4.69, 9.17) is 10.5 Å². The molecule has 0 spiro atoms. The van der Waals surface area contributed by atoms with Gasteiger partial charge in [-0.1, -0.05) is 0 Å². The highest BCUT2D eigenvalue weighted by atomic mass is 16.5. The molecule has 0 aliphatic heterocycles. The van der Waals surface area contributed by atoms with Gasteiger partial charge in [-0.25, -0.2) is 0 Å². The Bertz CT molecular complexity index is 126. The summed E-state index contributed by atoms with van der Waals surface area (Å²) in [5, 5.41) is 0. The van der Waals surface area contributed by atoms with Crippen LogP contribution in [0.4, 0.5) is 0 Å². The Hall–Kier alpha value is -0.120. The van der Waals surface area contributed by atoms with E-state index >= 15 is 0 Å². The molecular formula is C10H24N2O. The molecule has 3 heteroatoms. The van der Waals surface area contributed by atoms with Crippen LogP contribution >= 0.6 is 0 Å². The molecule has 0 aliphatic rings. The van der Waals surface area contributed by atoms with Gasteiger partial charge in [0.05, 0.1) is 5.60 Å². The van der Waals surface area contributed by atoms with Crippen LogP contribution in [-0.4, -0.2) is 44.3 Å². The van der Waals surface area contributed by atoms with Crippen LogP contribution < -0.4 is 5.73 Å². The Labute approximate surface area is 82.2 Å². The molecule has 2 N–H and O–H groups in total. The molecule has 0 unspecified atom stereocenters. The number of hydrogen-bond donors (Lipinski definition) is 1. The molecule has 0 atom stereocenters. The molecule has 0 heterocycles. The lowest BCUT2D eigenvalue weighted by molar-refractivity contribution is 0.00913. The van der Waals surface area contributed by atoms with Crippen molar-refractivity contribution in [3.63, 3.8) is 0 Å². The lowest BCUT2D eigenvalue weighted by Gasteiger charge is -2.26. The number of ether oxygens (including phenoxy) is 1. The summed E-state index contributed by atoms with van der Waals surface area (Å²) in [6, 6.07) is 0. The topological polar surface area (TPSA) is 38.5 Å². The van der Waals surface area contributed by atoms with Crippen molar-refractivity contribution in [2.24, 2.45) is 5.73 Å². The highest BCUT2D eigenvalue weighted by molar-refractivity contribution is 4.69. The Kier molecular flexibility index (Phi) is 6.29. The number of rotatable bonds is 7. The number of nitrogens with zero attached hydrogens (tertiary/aromatic N) is 1. The first kappa shape index (κ1) is 12.9. The quantitative estimate of drug-likeness (QED) is 0.650. The third-order valence-electron chi connectivity index (χ3n) is 2.39. The summed E-state index contributed by atoms with van der Waals surface area (Å²) in [6.45, 7) is 7.16. The van der Waals surface area contributed by atoms with Crippen molar-refractivity contribution in [3.05, 3.63) is 0 Å². The molecule has 0 aromatic rings. The van der Waals surface area contributed by atoms with E-state index in [-0.39, 0.29) is 5.60 Å². The minimum atomic E-state index is -0.00300. The summed E-state index contributed by atoms with van der Waals surface area (Å²) in [4.78, 5) is 2.30. The van der Waals surface area contributed by atoms with Crippen molar-refractivity contribution in [1.82, 2.24) is 4.90 Å². The average molecular weight is 188 g/mol. The van der Waals surface area contributed by atoms with E-state index < -0.39 is 0 Å². The maximum atomic E-state index is 5.43. The van der Waals surface area contributed by atoms with Gasteiger partial charge in [-0.2, -0.15) is 0 Å². The fraction of sp³-hybridized carbons (Fsp3) is 1.00. The smallest absolute Gasteiger partial charge is 0.0634 e. The van der Waals surface area contributed by atoms with Crippen LogP contribution in [0.2, 0.25) is 0 Å². The zero-order chi connectivity index (χ0) is 10.3. The standard InChI is InChI=1S/C10H24N2O/c1-10(2,13-4)6-9-12(3)8-5-7-11/h5-9,11H2,1-4H3. The summed E-state index contributed by atoms with van der Waals surface area (Å²) >= 11 is 0. The second-order valence-electron chi connectivity index (χ2n) is 4.16. The van der Waals surface area contributed by atoms with Gasteiger partial charge < -0.3 is 15.4 Å². The molecule has 0 bridgehead atoms. The minimum absolute atomic E-state index is 0.00300. The molecular weight excluding hydrogens is 164 g/mol. The fourth-order valence-corrected chi connectivity index (χ4v) is 1.04. The van der Waals surface area contributed by atoms with E-state index in [1.54, 1.807) is 7.11 Å². The third kappa shape index (κ3) is 6.99. The molecule has 0 amide bonds. The number of methoxy groups -OCH3 is 1. The van der Waals surface area contributed by atoms with E-state index in [1.807, 2.05) is 0 Å². The van der Waals surface area contributed by atoms with Gasteiger partial charge >= 0.3 is 0 Å². The molecule has 0 aromatic heterocycles. The Morgan fingerprint density at radius 2 is 1.92 bits per heavy atom. The van der Waals surface area contributed by atoms with Crippen LogP contribution in [-0.2, 0) is 4.74 Å². The molecule has 0 aromatic carbocycles. The summed E-state index contributed by atoms with van der Waals surface area (Å²) in [5.74, 6) is 0. The first-order valence-electron chi connectivity index (χ1n) is 4.95. The average Bonchev–Trinajstić information content (AvgIpc) is 2.11. The van der Waals surface area contributed by atoms with Crippen LogP contribution in [0.25, 0.3) is 0 Å². The van der Waals surface area contributed by atoms with Crippen LogP contribution in [0.15, 0.2) is 0 Å². The van der Waals surface area contributed by atoms with Crippen molar-refractivity contribution in [2.75, 3.05) is 33.8 Å². The lowest BCUT2D eigenvalue weighted by atomic mass is 10.1. The summed E-state index contributed by atoms with van der Waals surface area (Å²) < 4.78 is 5.34. The first-order chi connectivity index (χ1) is 6.02. The van der Waals surface area contributed by atoms with Gasteiger partial charge in [0.15, 0.2) is 0 Å². The van der Waals surface area contributed by atoms with Gasteiger partial charge in [0.25, 0.3) is 0 Å². The molecule has 0 saturated carbocycles. The zero-order valence-electron chi connectivity index (χ0n) is 9.47. The molecule has 0 saturated heterocycles. The second kappa shape index (κ2) is 6.35. The van der Waals surface area contributed by atoms with Gasteiger partial charge in [-0.05, 0) is 46.8 Å². The van der Waals surface area contributed by atoms with Crippen LogP contribution in [0.5, 0.6) is 0 Å². The molecule has 0 rings (SSSR count). The SMILES string of the molecule is COC(C)(C)CCN(C)CCCN. The first-order valence-corrected chi connectivity index (χ1v) is 4.95. The number of nitrogens with two attached hydrogens (primary N) is 1. The van der Waals surface area contributed by atoms with Gasteiger partial charge in [0.1, 0.15) is 0 Å². The Morgan fingerprint density at radius 1 is 1.31 bits per heavy atom. The lowest BCUT2D eigenvalue weighted by Crippen LogP contribution is -2.31. The predicted octanol–water partition coefficient (Wildman–Crippen LogP) is 1.08. The Balaban J connectivity index is 3.51. The van der Waals surface area contributed by atoms with Crippen molar-refractivity contribution in [2.45, 2.75) is 32.3 Å². The van der Waals surface area contributed by atoms with E-state index in [1.165, 1.54) is 0 Å². The summed E-state index contributed by atoms with van der Waals surface area (Å²) in [7, 11) is 3.89. The number of hydrogen-bond acceptors (Lipinski definition) is 3. The van der Waals surface area contributed by atoms with E-state index in [2.05, 4.69) is 25.8 Å². The predicted molar refractivity (Wildman–Crippen MR) is 56.9 cm³/mol. The minimum Gasteiger partial charge on any atom is -0.379 e. The van der Waals surface area contributed by atoms with E-state index in [0.29, 0.717) is 0 Å². The van der Waals surface area contributed by atoms with Crippen molar-refractivity contribution >= 4 is 0 Å². The summed E-state index contributed by atoms with van der Waals surface area (Å²) in [6.07, 6.45) is 2.13. The highest BCUT2D eigenvalue weighted by Crippen LogP contribution is 2.12. The van der Waals surface area contributed by atoms with Gasteiger partial charge in [0, 0.05) is 13.7 Å². The normalized spacial score (nSPS) is 12.5. The van der Waals surface area contributed by atoms with Crippen molar-refractivity contribution < 1.29 is 4.74 Å². The van der Waals surface area contributed by atoms with Crippen LogP contribution in [0.3, 0.4) is 0 Å². The molecule has 13 heavy (non-hydrogen) atoms. The molecule has 0 radical (unpaired) electrons. The maximum absolute atomic E-state index is 5.43. The summed E-state index contributed by atoms with van der Waals surface area (Å²) in [5.41, 5.74) is 5.43. The fourth-order valence-electron chi connectivity index (χ4n) is 1.04. The second-order valence-corrected chi connectivity index (χ2v) is 4.16. The van der Waals surface area contributed by atoms with Crippen LogP contribution in [0, 0.1) is 0 Å². The molecule has 3 nitrogen and oxygen atoms in total. The third-order valence-corrected chi connectivity index (χ3v) is 2.39. The van der Waals surface area contributed by atoms with E-state index in [0.717, 1.165) is 32.5 Å². The largest absolute Gasteiger partial charge is 0.379 e. The monoisotopic (exact) mass is 188 g/mol. The van der Waals surface area contributed by atoms with Crippen molar-refractivity contribution in [1.29, 1.82) is 0 Å². The van der Waals surface area contributed by atoms with Gasteiger partial charge in [-0.3, -0.25) is 0 Å². The highest BCUT2D eigenvalue weighted by Gasteiger charge is 2.16. The Morgan fingerprint density at radius 3 is 2.38 bits per heavy atom. The van der Waals surface area contributed by atoms with Crippen molar-refractivity contribution in [3.8, 4) is 0 Å². The van der Waals surface area contributed by atoms with Crippen LogP contribution in [0.1, 0.15) is 26.7 Å². The molecule has 80 valence electrons. The zero-order valence-corrected chi connectivity index (χ0v) is 9.47. The molecule has 0 aliphatic carbocycles. The van der Waals surface area contributed by atoms with Gasteiger partial charge in [0.2, 0.25) is 0 Å². The molecule has 0 fully saturated rings.